The zero-order valence-electron chi connectivity index (χ0n) is 11.5. The smallest absolute Gasteiger partial charge is 0.317 e. The van der Waals surface area contributed by atoms with Crippen LogP contribution < -0.4 is 5.32 Å². The number of rotatable bonds is 8. The number of nitrogens with zero attached hydrogens (tertiary/aromatic N) is 1. The molecule has 0 radical (unpaired) electrons. The Morgan fingerprint density at radius 3 is 2.65 bits per heavy atom. The first kappa shape index (κ1) is 14.3. The van der Waals surface area contributed by atoms with Crippen molar-refractivity contribution < 1.29 is 4.79 Å². The fraction of sp³-hybridized carbons (Fsp3) is 0.929. The predicted molar refractivity (Wildman–Crippen MR) is 72.2 cm³/mol. The molecule has 100 valence electrons. The molecule has 1 unspecified atom stereocenters. The second kappa shape index (κ2) is 8.37. The number of amides is 2. The molecule has 1 atom stereocenters. The SMILES string of the molecule is CCCCCCN1C(=O)NCCC1CCCC. The van der Waals surface area contributed by atoms with Crippen LogP contribution in [0.15, 0.2) is 0 Å². The van der Waals surface area contributed by atoms with E-state index in [1.807, 2.05) is 0 Å². The molecule has 0 aliphatic carbocycles. The number of unbranched alkanes of at least 4 members (excludes halogenated alkanes) is 4. The average Bonchev–Trinajstić information content (AvgIpc) is 2.34. The summed E-state index contributed by atoms with van der Waals surface area (Å²) in [7, 11) is 0. The minimum atomic E-state index is 0.161. The largest absolute Gasteiger partial charge is 0.338 e. The van der Waals surface area contributed by atoms with Crippen LogP contribution in [0.1, 0.15) is 65.2 Å². The predicted octanol–water partition coefficient (Wildman–Crippen LogP) is 3.54. The molecule has 1 heterocycles. The van der Waals surface area contributed by atoms with Gasteiger partial charge in [0.05, 0.1) is 0 Å². The number of nitrogens with one attached hydrogen (secondary N) is 1. The summed E-state index contributed by atoms with van der Waals surface area (Å²) in [6.45, 7) is 6.24. The Hall–Kier alpha value is -0.730. The third-order valence-corrected chi connectivity index (χ3v) is 3.60. The van der Waals surface area contributed by atoms with Gasteiger partial charge in [-0.25, -0.2) is 4.79 Å². The molecule has 0 bridgehead atoms. The average molecular weight is 240 g/mol. The molecule has 0 spiro atoms. The Morgan fingerprint density at radius 1 is 1.18 bits per heavy atom. The highest BCUT2D eigenvalue weighted by Gasteiger charge is 2.26. The molecule has 1 aliphatic rings. The lowest BCUT2D eigenvalue weighted by atomic mass is 10.0. The maximum Gasteiger partial charge on any atom is 0.317 e. The van der Waals surface area contributed by atoms with Gasteiger partial charge in [-0.2, -0.15) is 0 Å². The van der Waals surface area contributed by atoms with Crippen molar-refractivity contribution in [3.63, 3.8) is 0 Å². The van der Waals surface area contributed by atoms with Gasteiger partial charge in [0.2, 0.25) is 0 Å². The van der Waals surface area contributed by atoms with E-state index in [1.165, 1.54) is 38.5 Å². The fourth-order valence-electron chi connectivity index (χ4n) is 2.50. The van der Waals surface area contributed by atoms with E-state index in [2.05, 4.69) is 24.1 Å². The van der Waals surface area contributed by atoms with Gasteiger partial charge in [-0.15, -0.1) is 0 Å². The van der Waals surface area contributed by atoms with Crippen LogP contribution in [-0.4, -0.2) is 30.1 Å². The van der Waals surface area contributed by atoms with E-state index < -0.39 is 0 Å². The van der Waals surface area contributed by atoms with E-state index in [-0.39, 0.29) is 6.03 Å². The van der Waals surface area contributed by atoms with Gasteiger partial charge >= 0.3 is 6.03 Å². The van der Waals surface area contributed by atoms with Crippen molar-refractivity contribution in [1.82, 2.24) is 10.2 Å². The minimum Gasteiger partial charge on any atom is -0.338 e. The molecule has 1 fully saturated rings. The second-order valence-corrected chi connectivity index (χ2v) is 5.07. The number of hydrogen-bond donors (Lipinski definition) is 1. The van der Waals surface area contributed by atoms with Crippen LogP contribution in [0.3, 0.4) is 0 Å². The Balaban J connectivity index is 2.34. The van der Waals surface area contributed by atoms with Crippen LogP contribution in [0.4, 0.5) is 4.79 Å². The molecule has 0 aromatic heterocycles. The van der Waals surface area contributed by atoms with Crippen molar-refractivity contribution in [3.8, 4) is 0 Å². The molecular weight excluding hydrogens is 212 g/mol. The Bertz CT molecular complexity index is 218. The molecule has 1 rings (SSSR count). The van der Waals surface area contributed by atoms with E-state index in [4.69, 9.17) is 0 Å². The molecule has 0 aromatic carbocycles. The van der Waals surface area contributed by atoms with E-state index in [0.717, 1.165) is 25.9 Å². The van der Waals surface area contributed by atoms with E-state index in [0.29, 0.717) is 6.04 Å². The first-order chi connectivity index (χ1) is 8.29. The maximum atomic E-state index is 11.8. The van der Waals surface area contributed by atoms with Gasteiger partial charge in [0, 0.05) is 19.1 Å². The van der Waals surface area contributed by atoms with E-state index in [9.17, 15) is 4.79 Å². The summed E-state index contributed by atoms with van der Waals surface area (Å²) >= 11 is 0. The third kappa shape index (κ3) is 4.97. The molecule has 1 aliphatic heterocycles. The van der Waals surface area contributed by atoms with Gasteiger partial charge in [0.1, 0.15) is 0 Å². The molecule has 17 heavy (non-hydrogen) atoms. The zero-order valence-corrected chi connectivity index (χ0v) is 11.5. The van der Waals surface area contributed by atoms with Crippen molar-refractivity contribution in [1.29, 1.82) is 0 Å². The number of carbonyl (C=O) groups excluding carboxylic acids is 1. The molecule has 0 saturated carbocycles. The summed E-state index contributed by atoms with van der Waals surface area (Å²) in [5, 5.41) is 2.97. The second-order valence-electron chi connectivity index (χ2n) is 5.07. The summed E-state index contributed by atoms with van der Waals surface area (Å²) in [5.41, 5.74) is 0. The van der Waals surface area contributed by atoms with Crippen molar-refractivity contribution in [2.45, 2.75) is 71.3 Å². The normalized spacial score (nSPS) is 20.5. The first-order valence-corrected chi connectivity index (χ1v) is 7.34. The van der Waals surface area contributed by atoms with Crippen LogP contribution >= 0.6 is 0 Å². The van der Waals surface area contributed by atoms with Gasteiger partial charge in [-0.05, 0) is 19.3 Å². The van der Waals surface area contributed by atoms with Crippen molar-refractivity contribution in [2.75, 3.05) is 13.1 Å². The minimum absolute atomic E-state index is 0.161. The van der Waals surface area contributed by atoms with E-state index >= 15 is 0 Å². The third-order valence-electron chi connectivity index (χ3n) is 3.60. The molecule has 3 heteroatoms. The van der Waals surface area contributed by atoms with Gasteiger partial charge in [-0.3, -0.25) is 0 Å². The van der Waals surface area contributed by atoms with Crippen LogP contribution in [0.5, 0.6) is 0 Å². The van der Waals surface area contributed by atoms with Crippen LogP contribution in [0.2, 0.25) is 0 Å². The summed E-state index contributed by atoms with van der Waals surface area (Å²) in [6, 6.07) is 0.652. The lowest BCUT2D eigenvalue weighted by molar-refractivity contribution is 0.147. The quantitative estimate of drug-likeness (QED) is 0.647. The van der Waals surface area contributed by atoms with Gasteiger partial charge in [-0.1, -0.05) is 46.0 Å². The van der Waals surface area contributed by atoms with Gasteiger partial charge in [0.25, 0.3) is 0 Å². The van der Waals surface area contributed by atoms with Crippen molar-refractivity contribution >= 4 is 6.03 Å². The highest BCUT2D eigenvalue weighted by Crippen LogP contribution is 2.17. The fourth-order valence-corrected chi connectivity index (χ4v) is 2.50. The summed E-state index contributed by atoms with van der Waals surface area (Å²) in [4.78, 5) is 13.9. The highest BCUT2D eigenvalue weighted by molar-refractivity contribution is 5.75. The summed E-state index contributed by atoms with van der Waals surface area (Å²) < 4.78 is 0. The monoisotopic (exact) mass is 240 g/mol. The van der Waals surface area contributed by atoms with Crippen molar-refractivity contribution in [3.05, 3.63) is 0 Å². The maximum absolute atomic E-state index is 11.8. The molecule has 1 saturated heterocycles. The standard InChI is InChI=1S/C14H28N2O/c1-3-5-7-8-12-16-13(9-6-4-2)10-11-15-14(16)17/h13H,3-12H2,1-2H3,(H,15,17). The molecule has 1 N–H and O–H groups in total. The molecule has 0 aromatic rings. The molecular formula is C14H28N2O. The number of carbonyl (C=O) groups is 1. The van der Waals surface area contributed by atoms with E-state index in [1.54, 1.807) is 0 Å². The zero-order chi connectivity index (χ0) is 12.5. The highest BCUT2D eigenvalue weighted by atomic mass is 16.2. The van der Waals surface area contributed by atoms with Crippen molar-refractivity contribution in [2.24, 2.45) is 0 Å². The molecule has 3 nitrogen and oxygen atoms in total. The first-order valence-electron chi connectivity index (χ1n) is 7.34. The lowest BCUT2D eigenvalue weighted by Crippen LogP contribution is -2.52. The Labute approximate surface area is 106 Å². The lowest BCUT2D eigenvalue weighted by Gasteiger charge is -2.36. The summed E-state index contributed by atoms with van der Waals surface area (Å²) in [5.74, 6) is 0. The van der Waals surface area contributed by atoms with Crippen LogP contribution in [0, 0.1) is 0 Å². The summed E-state index contributed by atoms with van der Waals surface area (Å²) in [6.07, 6.45) is 9.72. The number of urea groups is 1. The Morgan fingerprint density at radius 2 is 1.94 bits per heavy atom. The molecule has 2 amide bonds. The van der Waals surface area contributed by atoms with Crippen LogP contribution in [-0.2, 0) is 0 Å². The number of hydrogen-bond acceptors (Lipinski definition) is 1. The van der Waals surface area contributed by atoms with Crippen LogP contribution in [0.25, 0.3) is 0 Å². The van der Waals surface area contributed by atoms with Gasteiger partial charge < -0.3 is 10.2 Å². The Kier molecular flexibility index (Phi) is 7.06. The van der Waals surface area contributed by atoms with Gasteiger partial charge in [0.15, 0.2) is 0 Å². The topological polar surface area (TPSA) is 32.3 Å².